The van der Waals surface area contributed by atoms with E-state index in [1.807, 2.05) is 30.3 Å². The lowest BCUT2D eigenvalue weighted by Crippen LogP contribution is -2.58. The zero-order valence-electron chi connectivity index (χ0n) is 11.0. The Labute approximate surface area is 121 Å². The zero-order valence-corrected chi connectivity index (χ0v) is 11.8. The molecular weight excluding hydrogens is 276 g/mol. The van der Waals surface area contributed by atoms with Crippen LogP contribution in [0.15, 0.2) is 30.3 Å². The van der Waals surface area contributed by atoms with Gasteiger partial charge in [-0.25, -0.2) is 0 Å². The largest absolute Gasteiger partial charge is 0.351 e. The van der Waals surface area contributed by atoms with Crippen molar-refractivity contribution < 1.29 is 9.59 Å². The second-order valence-electron chi connectivity index (χ2n) is 4.50. The van der Waals surface area contributed by atoms with Gasteiger partial charge in [0.25, 0.3) is 0 Å². The van der Waals surface area contributed by atoms with Crippen molar-refractivity contribution in [3.63, 3.8) is 0 Å². The minimum absolute atomic E-state index is 0.0750. The van der Waals surface area contributed by atoms with E-state index in [0.717, 1.165) is 5.56 Å². The van der Waals surface area contributed by atoms with Crippen molar-refractivity contribution in [1.82, 2.24) is 16.0 Å². The number of hydrogen-bond acceptors (Lipinski definition) is 5. The summed E-state index contributed by atoms with van der Waals surface area (Å²) in [6.45, 7) is 0.504. The molecule has 5 N–H and O–H groups in total. The molecule has 1 saturated heterocycles. The molecule has 1 fully saturated rings. The third-order valence-corrected chi connectivity index (χ3v) is 3.79. The van der Waals surface area contributed by atoms with Gasteiger partial charge in [0.2, 0.25) is 11.8 Å². The van der Waals surface area contributed by atoms with E-state index in [1.54, 1.807) is 0 Å². The van der Waals surface area contributed by atoms with E-state index in [2.05, 4.69) is 16.0 Å². The Hall–Kier alpha value is -1.57. The molecule has 0 aliphatic carbocycles. The van der Waals surface area contributed by atoms with Crippen molar-refractivity contribution in [2.24, 2.45) is 5.73 Å². The molecule has 0 saturated carbocycles. The molecule has 0 bridgehead atoms. The summed E-state index contributed by atoms with van der Waals surface area (Å²) in [5.74, 6) is 0.0878. The summed E-state index contributed by atoms with van der Waals surface area (Å²) in [6, 6.07) is 9.70. The predicted molar refractivity (Wildman–Crippen MR) is 78.4 cm³/mol. The lowest BCUT2D eigenvalue weighted by atomic mass is 10.2. The summed E-state index contributed by atoms with van der Waals surface area (Å²) < 4.78 is 0. The van der Waals surface area contributed by atoms with Crippen LogP contribution >= 0.6 is 11.8 Å². The standard InChI is InChI=1S/C13H18N4O2S/c14-10-6-11(18)17-13(16-10)20-8-12(19)15-7-9-4-2-1-3-5-9/h1-5,10,13,16H,6-8,14H2,(H,15,19)(H,17,18). The van der Waals surface area contributed by atoms with Crippen LogP contribution in [0.3, 0.4) is 0 Å². The number of carbonyl (C=O) groups excluding carboxylic acids is 2. The molecule has 0 spiro atoms. The molecule has 1 heterocycles. The van der Waals surface area contributed by atoms with Gasteiger partial charge in [0.1, 0.15) is 5.50 Å². The zero-order chi connectivity index (χ0) is 14.4. The molecule has 1 aliphatic rings. The summed E-state index contributed by atoms with van der Waals surface area (Å²) in [5, 5.41) is 8.56. The first-order valence-corrected chi connectivity index (χ1v) is 7.41. The molecule has 2 atom stereocenters. The van der Waals surface area contributed by atoms with Crippen LogP contribution in [0.25, 0.3) is 0 Å². The van der Waals surface area contributed by atoms with Crippen LogP contribution in [-0.4, -0.2) is 29.2 Å². The Bertz CT molecular complexity index is 469. The van der Waals surface area contributed by atoms with E-state index in [9.17, 15) is 9.59 Å². The molecule has 1 aromatic carbocycles. The Morgan fingerprint density at radius 1 is 1.40 bits per heavy atom. The first-order chi connectivity index (χ1) is 9.63. The summed E-state index contributed by atoms with van der Waals surface area (Å²) >= 11 is 1.31. The molecule has 0 aromatic heterocycles. The van der Waals surface area contributed by atoms with Gasteiger partial charge in [0, 0.05) is 6.54 Å². The van der Waals surface area contributed by atoms with Crippen molar-refractivity contribution in [3.05, 3.63) is 35.9 Å². The van der Waals surface area contributed by atoms with Crippen molar-refractivity contribution >= 4 is 23.6 Å². The SMILES string of the molecule is NC1CC(=O)NC(SCC(=O)NCc2ccccc2)N1. The van der Waals surface area contributed by atoms with E-state index in [0.29, 0.717) is 6.54 Å². The fourth-order valence-corrected chi connectivity index (χ4v) is 2.70. The van der Waals surface area contributed by atoms with Gasteiger partial charge >= 0.3 is 0 Å². The topological polar surface area (TPSA) is 96.2 Å². The minimum Gasteiger partial charge on any atom is -0.351 e. The highest BCUT2D eigenvalue weighted by atomic mass is 32.2. The maximum Gasteiger partial charge on any atom is 0.230 e. The second-order valence-corrected chi connectivity index (χ2v) is 5.59. The van der Waals surface area contributed by atoms with Gasteiger partial charge < -0.3 is 16.4 Å². The maximum atomic E-state index is 11.7. The highest BCUT2D eigenvalue weighted by Gasteiger charge is 2.23. The van der Waals surface area contributed by atoms with Gasteiger partial charge in [-0.3, -0.25) is 14.9 Å². The fourth-order valence-electron chi connectivity index (χ4n) is 1.80. The number of amides is 2. The summed E-state index contributed by atoms with van der Waals surface area (Å²) in [4.78, 5) is 23.0. The Kier molecular flexibility index (Phi) is 5.40. The first-order valence-electron chi connectivity index (χ1n) is 6.37. The van der Waals surface area contributed by atoms with Crippen LogP contribution in [0.4, 0.5) is 0 Å². The van der Waals surface area contributed by atoms with E-state index in [4.69, 9.17) is 5.73 Å². The molecule has 2 rings (SSSR count). The normalized spacial score (nSPS) is 22.1. The van der Waals surface area contributed by atoms with Gasteiger partial charge in [-0.05, 0) is 5.56 Å². The number of thioether (sulfide) groups is 1. The van der Waals surface area contributed by atoms with Crippen molar-refractivity contribution in [2.75, 3.05) is 5.75 Å². The molecular formula is C13H18N4O2S. The lowest BCUT2D eigenvalue weighted by molar-refractivity contribution is -0.123. The Morgan fingerprint density at radius 3 is 2.85 bits per heavy atom. The van der Waals surface area contributed by atoms with Gasteiger partial charge in [-0.2, -0.15) is 0 Å². The third kappa shape index (κ3) is 4.84. The van der Waals surface area contributed by atoms with E-state index < -0.39 is 0 Å². The molecule has 108 valence electrons. The number of rotatable bonds is 5. The van der Waals surface area contributed by atoms with Crippen molar-refractivity contribution in [2.45, 2.75) is 24.6 Å². The molecule has 7 heteroatoms. The molecule has 1 aliphatic heterocycles. The molecule has 6 nitrogen and oxygen atoms in total. The number of nitrogens with one attached hydrogen (secondary N) is 3. The molecule has 2 amide bonds. The number of carbonyl (C=O) groups is 2. The molecule has 20 heavy (non-hydrogen) atoms. The number of benzene rings is 1. The summed E-state index contributed by atoms with van der Waals surface area (Å²) in [6.07, 6.45) is -0.0919. The molecule has 1 aromatic rings. The van der Waals surface area contributed by atoms with Crippen LogP contribution < -0.4 is 21.7 Å². The van der Waals surface area contributed by atoms with E-state index in [-0.39, 0.29) is 35.7 Å². The van der Waals surface area contributed by atoms with Gasteiger partial charge in [0.15, 0.2) is 0 Å². The van der Waals surface area contributed by atoms with Crippen LogP contribution in [0.5, 0.6) is 0 Å². The summed E-state index contributed by atoms with van der Waals surface area (Å²) in [5.41, 5.74) is 6.41. The third-order valence-electron chi connectivity index (χ3n) is 2.78. The average molecular weight is 294 g/mol. The fraction of sp³-hybridized carbons (Fsp3) is 0.385. The predicted octanol–water partition coefficient (Wildman–Crippen LogP) is -0.286. The number of hydrogen-bond donors (Lipinski definition) is 4. The van der Waals surface area contributed by atoms with E-state index >= 15 is 0 Å². The molecule has 2 unspecified atom stereocenters. The average Bonchev–Trinajstić information content (AvgIpc) is 2.43. The highest BCUT2D eigenvalue weighted by molar-refractivity contribution is 8.00. The molecule has 0 radical (unpaired) electrons. The Morgan fingerprint density at radius 2 is 2.15 bits per heavy atom. The monoisotopic (exact) mass is 294 g/mol. The van der Waals surface area contributed by atoms with Crippen molar-refractivity contribution in [3.8, 4) is 0 Å². The quantitative estimate of drug-likeness (QED) is 0.599. The van der Waals surface area contributed by atoms with Crippen LogP contribution in [-0.2, 0) is 16.1 Å². The first kappa shape index (κ1) is 14.8. The number of nitrogens with two attached hydrogens (primary N) is 1. The van der Waals surface area contributed by atoms with Crippen LogP contribution in [0.1, 0.15) is 12.0 Å². The maximum absolute atomic E-state index is 11.7. The van der Waals surface area contributed by atoms with Crippen LogP contribution in [0.2, 0.25) is 0 Å². The lowest BCUT2D eigenvalue weighted by Gasteiger charge is -2.28. The second kappa shape index (κ2) is 7.28. The minimum atomic E-state index is -0.353. The van der Waals surface area contributed by atoms with Gasteiger partial charge in [0.05, 0.1) is 18.3 Å². The van der Waals surface area contributed by atoms with Crippen molar-refractivity contribution in [1.29, 1.82) is 0 Å². The summed E-state index contributed by atoms with van der Waals surface area (Å²) in [7, 11) is 0. The van der Waals surface area contributed by atoms with E-state index in [1.165, 1.54) is 11.8 Å². The Balaban J connectivity index is 1.68. The van der Waals surface area contributed by atoms with Gasteiger partial charge in [-0.15, -0.1) is 11.8 Å². The van der Waals surface area contributed by atoms with Crippen LogP contribution in [0, 0.1) is 0 Å². The smallest absolute Gasteiger partial charge is 0.230 e. The van der Waals surface area contributed by atoms with Gasteiger partial charge in [-0.1, -0.05) is 30.3 Å². The highest BCUT2D eigenvalue weighted by Crippen LogP contribution is 2.10.